The Labute approximate surface area is 234 Å². The first-order valence-corrected chi connectivity index (χ1v) is 12.9. The van der Waals surface area contributed by atoms with Crippen molar-refractivity contribution < 1.29 is 37.0 Å². The highest BCUT2D eigenvalue weighted by atomic mass is 35.5. The summed E-state index contributed by atoms with van der Waals surface area (Å²) in [6, 6.07) is 16.2. The molecule has 2 N–H and O–H groups in total. The molecule has 4 atom stereocenters. The van der Waals surface area contributed by atoms with Crippen molar-refractivity contribution >= 4 is 22.8 Å². The van der Waals surface area contributed by atoms with E-state index in [1.807, 2.05) is 24.3 Å². The molecule has 0 radical (unpaired) electrons. The van der Waals surface area contributed by atoms with E-state index in [0.29, 0.717) is 27.4 Å². The smallest absolute Gasteiger partial charge is 0.455 e. The first kappa shape index (κ1) is 25.9. The standard InChI is InChI=1S/C27H19ClF3N5O5/c28-16-9-17-23(34-26(32-17)40-19-11-39-21-18(37)10-38-22(19)21)33-20(16)14-5-1-12(2-6-14)13-3-7-15(8-4-13)24-35-25(36-41-24)27(29,30)31/h1-9,18-19,21-22,37H,10-11H2,(H,32,33,34)/t18-,19-,21-,22-/m1/s1. The molecule has 5 heterocycles. The Balaban J connectivity index is 1.08. The number of aliphatic hydroxyl groups is 1. The molecule has 14 heteroatoms. The van der Waals surface area contributed by atoms with Crippen molar-refractivity contribution in [2.75, 3.05) is 13.2 Å². The Morgan fingerprint density at radius 1 is 0.878 bits per heavy atom. The number of alkyl halides is 3. The van der Waals surface area contributed by atoms with Crippen LogP contribution in [-0.4, -0.2) is 67.8 Å². The van der Waals surface area contributed by atoms with E-state index in [1.54, 1.807) is 30.3 Å². The van der Waals surface area contributed by atoms with Crippen LogP contribution in [0.15, 0.2) is 59.1 Å². The molecule has 0 aliphatic carbocycles. The van der Waals surface area contributed by atoms with Crippen LogP contribution in [0.3, 0.4) is 0 Å². The molecule has 2 aliphatic heterocycles. The molecule has 0 spiro atoms. The summed E-state index contributed by atoms with van der Waals surface area (Å²) in [7, 11) is 0. The van der Waals surface area contributed by atoms with Crippen LogP contribution in [0.25, 0.3) is 45.0 Å². The Morgan fingerprint density at radius 2 is 1.54 bits per heavy atom. The summed E-state index contributed by atoms with van der Waals surface area (Å²) < 4.78 is 60.2. The van der Waals surface area contributed by atoms with Gasteiger partial charge in [-0.1, -0.05) is 53.2 Å². The number of H-pyrrole nitrogens is 1. The molecule has 2 aromatic carbocycles. The summed E-state index contributed by atoms with van der Waals surface area (Å²) in [5.74, 6) is -1.54. The quantitative estimate of drug-likeness (QED) is 0.295. The topological polar surface area (TPSA) is 128 Å². The number of aromatic amines is 1. The maximum Gasteiger partial charge on any atom is 0.455 e. The molecule has 7 rings (SSSR count). The van der Waals surface area contributed by atoms with E-state index in [0.717, 1.165) is 16.7 Å². The minimum Gasteiger partial charge on any atom is -0.456 e. The zero-order valence-corrected chi connectivity index (χ0v) is 21.6. The molecule has 2 fully saturated rings. The van der Waals surface area contributed by atoms with Crippen molar-refractivity contribution in [2.24, 2.45) is 0 Å². The lowest BCUT2D eigenvalue weighted by molar-refractivity contribution is -0.146. The predicted octanol–water partition coefficient (Wildman–Crippen LogP) is 4.92. The van der Waals surface area contributed by atoms with Gasteiger partial charge in [0.1, 0.15) is 18.3 Å². The van der Waals surface area contributed by atoms with Gasteiger partial charge < -0.3 is 28.8 Å². The van der Waals surface area contributed by atoms with Gasteiger partial charge in [0.05, 0.1) is 29.4 Å². The van der Waals surface area contributed by atoms with Gasteiger partial charge in [0.25, 0.3) is 17.7 Å². The van der Waals surface area contributed by atoms with E-state index in [-0.39, 0.29) is 31.2 Å². The van der Waals surface area contributed by atoms with Crippen LogP contribution in [0.2, 0.25) is 5.02 Å². The number of hydrogen-bond donors (Lipinski definition) is 2. The fraction of sp³-hybridized carbons (Fsp3) is 0.259. The van der Waals surface area contributed by atoms with Gasteiger partial charge in [0.2, 0.25) is 0 Å². The molecule has 2 saturated heterocycles. The van der Waals surface area contributed by atoms with Crippen molar-refractivity contribution in [1.29, 1.82) is 0 Å². The fourth-order valence-electron chi connectivity index (χ4n) is 4.92. The van der Waals surface area contributed by atoms with E-state index in [9.17, 15) is 18.3 Å². The zero-order chi connectivity index (χ0) is 28.3. The average molecular weight is 586 g/mol. The number of hydrogen-bond acceptors (Lipinski definition) is 9. The van der Waals surface area contributed by atoms with Gasteiger partial charge in [-0.25, -0.2) is 4.98 Å². The van der Waals surface area contributed by atoms with Crippen LogP contribution in [-0.2, 0) is 15.7 Å². The second-order valence-electron chi connectivity index (χ2n) is 9.63. The van der Waals surface area contributed by atoms with Gasteiger partial charge in [-0.3, -0.25) is 0 Å². The number of nitrogens with one attached hydrogen (secondary N) is 1. The molecule has 210 valence electrons. The SMILES string of the molecule is O[C@@H]1CO[C@H]2[C@@H]1OC[C@H]2Oc1nc2nc(-c3ccc(-c4ccc(-c5nc(C(F)(F)F)no5)cc4)cc3)c(Cl)cc2[nH]1. The van der Waals surface area contributed by atoms with Crippen molar-refractivity contribution in [3.05, 3.63) is 65.4 Å². The third-order valence-electron chi connectivity index (χ3n) is 6.95. The van der Waals surface area contributed by atoms with E-state index < -0.39 is 30.3 Å². The van der Waals surface area contributed by atoms with Crippen molar-refractivity contribution in [3.8, 4) is 39.8 Å². The van der Waals surface area contributed by atoms with Crippen LogP contribution >= 0.6 is 11.6 Å². The van der Waals surface area contributed by atoms with Gasteiger partial charge in [-0.15, -0.1) is 0 Å². The minimum absolute atomic E-state index is 0.201. The van der Waals surface area contributed by atoms with E-state index in [1.165, 1.54) is 0 Å². The molecule has 0 unspecified atom stereocenters. The maximum absolute atomic E-state index is 12.8. The number of benzene rings is 2. The van der Waals surface area contributed by atoms with E-state index in [2.05, 4.69) is 25.1 Å². The summed E-state index contributed by atoms with van der Waals surface area (Å²) in [5.41, 5.74) is 4.36. The monoisotopic (exact) mass is 585 g/mol. The first-order valence-electron chi connectivity index (χ1n) is 12.5. The summed E-state index contributed by atoms with van der Waals surface area (Å²) in [6.45, 7) is 0.472. The fourth-order valence-corrected chi connectivity index (χ4v) is 5.18. The van der Waals surface area contributed by atoms with Crippen molar-refractivity contribution in [1.82, 2.24) is 25.1 Å². The zero-order valence-electron chi connectivity index (χ0n) is 20.8. The van der Waals surface area contributed by atoms with Crippen LogP contribution in [0.5, 0.6) is 6.01 Å². The molecule has 0 amide bonds. The predicted molar refractivity (Wildman–Crippen MR) is 138 cm³/mol. The highest BCUT2D eigenvalue weighted by Crippen LogP contribution is 2.34. The lowest BCUT2D eigenvalue weighted by Crippen LogP contribution is -2.34. The van der Waals surface area contributed by atoms with Crippen LogP contribution < -0.4 is 4.74 Å². The summed E-state index contributed by atoms with van der Waals surface area (Å²) in [6.07, 6.45) is -6.56. The normalized spacial score (nSPS) is 22.4. The van der Waals surface area contributed by atoms with Gasteiger partial charge >= 0.3 is 6.18 Å². The Hall–Kier alpha value is -4.04. The maximum atomic E-state index is 12.8. The van der Waals surface area contributed by atoms with Gasteiger partial charge in [0, 0.05) is 11.1 Å². The van der Waals surface area contributed by atoms with Gasteiger partial charge in [0.15, 0.2) is 11.8 Å². The second-order valence-corrected chi connectivity index (χ2v) is 10.0. The minimum atomic E-state index is -4.68. The number of aliphatic hydroxyl groups excluding tert-OH is 1. The lowest BCUT2D eigenvalue weighted by Gasteiger charge is -2.15. The largest absolute Gasteiger partial charge is 0.456 e. The highest BCUT2D eigenvalue weighted by Gasteiger charge is 2.48. The number of ether oxygens (including phenoxy) is 3. The third kappa shape index (κ3) is 4.80. The van der Waals surface area contributed by atoms with Crippen molar-refractivity contribution in [3.63, 3.8) is 0 Å². The second kappa shape index (κ2) is 9.80. The first-order chi connectivity index (χ1) is 19.7. The number of rotatable bonds is 5. The van der Waals surface area contributed by atoms with Crippen molar-refractivity contribution in [2.45, 2.75) is 30.6 Å². The van der Waals surface area contributed by atoms with Crippen LogP contribution in [0.1, 0.15) is 5.82 Å². The number of fused-ring (bicyclic) bond motifs is 2. The Bertz CT molecular complexity index is 1720. The summed E-state index contributed by atoms with van der Waals surface area (Å²) in [4.78, 5) is 15.6. The molecule has 3 aromatic heterocycles. The summed E-state index contributed by atoms with van der Waals surface area (Å²) >= 11 is 6.56. The van der Waals surface area contributed by atoms with E-state index in [4.69, 9.17) is 30.3 Å². The van der Waals surface area contributed by atoms with Gasteiger partial charge in [-0.05, 0) is 29.3 Å². The number of nitrogens with zero attached hydrogens (tertiary/aromatic N) is 4. The number of imidazole rings is 1. The molecular weight excluding hydrogens is 567 g/mol. The summed E-state index contributed by atoms with van der Waals surface area (Å²) in [5, 5.41) is 13.3. The average Bonchev–Trinajstić information content (AvgIpc) is 3.75. The molecule has 2 aliphatic rings. The van der Waals surface area contributed by atoms with E-state index >= 15 is 0 Å². The van der Waals surface area contributed by atoms with Crippen LogP contribution in [0, 0.1) is 0 Å². The highest BCUT2D eigenvalue weighted by molar-refractivity contribution is 6.33. The van der Waals surface area contributed by atoms with Gasteiger partial charge in [-0.2, -0.15) is 23.1 Å². The molecular formula is C27H19ClF3N5O5. The number of pyridine rings is 1. The molecule has 0 bridgehead atoms. The molecule has 41 heavy (non-hydrogen) atoms. The van der Waals surface area contributed by atoms with Crippen LogP contribution in [0.4, 0.5) is 13.2 Å². The molecule has 10 nitrogen and oxygen atoms in total. The number of aromatic nitrogens is 5. The molecule has 0 saturated carbocycles. The Kier molecular flexibility index (Phi) is 6.19. The Morgan fingerprint density at radius 3 is 2.22 bits per heavy atom. The number of halogens is 4. The lowest BCUT2D eigenvalue weighted by atomic mass is 10.0. The third-order valence-corrected chi connectivity index (χ3v) is 7.24. The molecule has 5 aromatic rings.